The first-order valence-electron chi connectivity index (χ1n) is 11.7. The fraction of sp³-hybridized carbons (Fsp3) is 0.357. The van der Waals surface area contributed by atoms with Crippen molar-refractivity contribution in [3.63, 3.8) is 0 Å². The van der Waals surface area contributed by atoms with Gasteiger partial charge in [-0.1, -0.05) is 91.0 Å². The fourth-order valence-corrected chi connectivity index (χ4v) is 4.95. The van der Waals surface area contributed by atoms with Crippen LogP contribution < -0.4 is 5.73 Å². The summed E-state index contributed by atoms with van der Waals surface area (Å²) in [6.45, 7) is 3.74. The third-order valence-corrected chi connectivity index (χ3v) is 6.51. The summed E-state index contributed by atoms with van der Waals surface area (Å²) in [6.07, 6.45) is -2.81. The van der Waals surface area contributed by atoms with Crippen molar-refractivity contribution in [2.45, 2.75) is 55.9 Å². The molecule has 2 aliphatic heterocycles. The van der Waals surface area contributed by atoms with E-state index >= 15 is 0 Å². The second-order valence-corrected chi connectivity index (χ2v) is 9.31. The molecule has 178 valence electrons. The van der Waals surface area contributed by atoms with Gasteiger partial charge in [-0.3, -0.25) is 0 Å². The lowest BCUT2D eigenvalue weighted by Crippen LogP contribution is -2.49. The fourth-order valence-electron chi connectivity index (χ4n) is 4.95. The third-order valence-electron chi connectivity index (χ3n) is 6.51. The molecule has 3 aromatic rings. The van der Waals surface area contributed by atoms with E-state index < -0.39 is 42.0 Å². The molecule has 2 heterocycles. The van der Waals surface area contributed by atoms with Crippen LogP contribution in [0, 0.1) is 0 Å². The van der Waals surface area contributed by atoms with Gasteiger partial charge in [-0.15, -0.1) is 0 Å². The molecule has 6 heteroatoms. The van der Waals surface area contributed by atoms with E-state index in [2.05, 4.69) is 36.4 Å². The first-order valence-corrected chi connectivity index (χ1v) is 11.7. The Balaban J connectivity index is 1.46. The summed E-state index contributed by atoms with van der Waals surface area (Å²) in [7, 11) is 0. The van der Waals surface area contributed by atoms with Gasteiger partial charge >= 0.3 is 0 Å². The average Bonchev–Trinajstić information content (AvgIpc) is 3.33. The second-order valence-electron chi connectivity index (χ2n) is 9.31. The molecule has 0 radical (unpaired) electrons. The molecule has 0 unspecified atom stereocenters. The number of aliphatic hydroxyl groups is 1. The van der Waals surface area contributed by atoms with Crippen molar-refractivity contribution in [2.24, 2.45) is 5.73 Å². The lowest BCUT2D eigenvalue weighted by molar-refractivity contribution is -0.218. The van der Waals surface area contributed by atoms with Gasteiger partial charge in [0.05, 0.1) is 12.6 Å². The quantitative estimate of drug-likeness (QED) is 0.524. The minimum atomic E-state index is -0.912. The number of benzene rings is 3. The van der Waals surface area contributed by atoms with Crippen LogP contribution in [-0.2, 0) is 24.5 Å². The second kappa shape index (κ2) is 9.23. The standard InChI is InChI=1S/C28H31NO5/c1-27(2)33-25-23(30)24(32-26(25)34-27)22(29)18-31-28(19-12-6-3-7-13-19,20-14-8-4-9-15-20)21-16-10-5-11-17-21/h3-17,22-26,30H,18,29H2,1-2H3/t22-,23+,24+,25+,26-/m1/s1. The first kappa shape index (κ1) is 23.2. The van der Waals surface area contributed by atoms with E-state index in [1.165, 1.54) is 0 Å². The van der Waals surface area contributed by atoms with Crippen LogP contribution in [0.5, 0.6) is 0 Å². The van der Waals surface area contributed by atoms with Crippen molar-refractivity contribution in [3.05, 3.63) is 108 Å². The normalized spacial score (nSPS) is 26.8. The third kappa shape index (κ3) is 4.18. The van der Waals surface area contributed by atoms with Crippen LogP contribution >= 0.6 is 0 Å². The maximum atomic E-state index is 10.9. The van der Waals surface area contributed by atoms with Crippen LogP contribution in [0.3, 0.4) is 0 Å². The summed E-state index contributed by atoms with van der Waals surface area (Å²) in [5, 5.41) is 10.9. The number of hydrogen-bond donors (Lipinski definition) is 2. The molecule has 3 N–H and O–H groups in total. The van der Waals surface area contributed by atoms with Gasteiger partial charge in [0, 0.05) is 0 Å². The monoisotopic (exact) mass is 461 g/mol. The summed E-state index contributed by atoms with van der Waals surface area (Å²) in [6, 6.07) is 29.7. The number of hydrogen-bond acceptors (Lipinski definition) is 6. The molecule has 0 saturated carbocycles. The van der Waals surface area contributed by atoms with Gasteiger partial charge in [0.25, 0.3) is 0 Å². The van der Waals surface area contributed by atoms with Gasteiger partial charge in [0.2, 0.25) is 0 Å². The molecule has 0 spiro atoms. The highest BCUT2D eigenvalue weighted by Crippen LogP contribution is 2.42. The molecule has 6 nitrogen and oxygen atoms in total. The van der Waals surface area contributed by atoms with Gasteiger partial charge in [-0.2, -0.15) is 0 Å². The summed E-state index contributed by atoms with van der Waals surface area (Å²) in [5.74, 6) is -0.801. The molecule has 5 rings (SSSR count). The topological polar surface area (TPSA) is 83.2 Å². The molecule has 0 amide bonds. The summed E-state index contributed by atoms with van der Waals surface area (Å²) >= 11 is 0. The Morgan fingerprint density at radius 2 is 1.32 bits per heavy atom. The Kier molecular flexibility index (Phi) is 6.29. The molecule has 0 aromatic heterocycles. The van der Waals surface area contributed by atoms with E-state index in [9.17, 15) is 5.11 Å². The van der Waals surface area contributed by atoms with Gasteiger partial charge < -0.3 is 29.8 Å². The molecular formula is C28H31NO5. The van der Waals surface area contributed by atoms with Crippen LogP contribution in [0.1, 0.15) is 30.5 Å². The van der Waals surface area contributed by atoms with Gasteiger partial charge in [-0.25, -0.2) is 0 Å². The zero-order valence-electron chi connectivity index (χ0n) is 19.4. The minimum absolute atomic E-state index is 0.142. The Bertz CT molecular complexity index is 979. The van der Waals surface area contributed by atoms with Gasteiger partial charge in [-0.05, 0) is 30.5 Å². The summed E-state index contributed by atoms with van der Waals surface area (Å²) in [4.78, 5) is 0. The molecule has 0 aliphatic carbocycles. The highest BCUT2D eigenvalue weighted by atomic mass is 16.8. The number of ether oxygens (including phenoxy) is 4. The molecular weight excluding hydrogens is 430 g/mol. The van der Waals surface area contributed by atoms with Gasteiger partial charge in [0.15, 0.2) is 12.1 Å². The highest BCUT2D eigenvalue weighted by molar-refractivity contribution is 5.47. The molecule has 2 aliphatic rings. The van der Waals surface area contributed by atoms with E-state index in [-0.39, 0.29) is 6.61 Å². The van der Waals surface area contributed by atoms with E-state index in [1.54, 1.807) is 13.8 Å². The smallest absolute Gasteiger partial charge is 0.190 e. The summed E-state index contributed by atoms with van der Waals surface area (Å²) in [5.41, 5.74) is 8.62. The zero-order valence-corrected chi connectivity index (χ0v) is 19.4. The largest absolute Gasteiger partial charge is 0.387 e. The van der Waals surface area contributed by atoms with Crippen molar-refractivity contribution < 1.29 is 24.1 Å². The Morgan fingerprint density at radius 3 is 1.76 bits per heavy atom. The van der Waals surface area contributed by atoms with E-state index in [4.69, 9.17) is 24.7 Å². The van der Waals surface area contributed by atoms with E-state index in [0.29, 0.717) is 0 Å². The van der Waals surface area contributed by atoms with Crippen LogP contribution in [0.15, 0.2) is 91.0 Å². The van der Waals surface area contributed by atoms with Crippen LogP contribution in [-0.4, -0.2) is 48.1 Å². The molecule has 5 atom stereocenters. The predicted octanol–water partition coefficient (Wildman–Crippen LogP) is 3.56. The first-order chi connectivity index (χ1) is 16.4. The number of nitrogens with two attached hydrogens (primary N) is 1. The number of rotatable bonds is 7. The average molecular weight is 462 g/mol. The van der Waals surface area contributed by atoms with Crippen LogP contribution in [0.2, 0.25) is 0 Å². The molecule has 3 aromatic carbocycles. The lowest BCUT2D eigenvalue weighted by Gasteiger charge is -2.37. The Morgan fingerprint density at radius 1 is 0.853 bits per heavy atom. The molecule has 2 fully saturated rings. The molecule has 2 saturated heterocycles. The van der Waals surface area contributed by atoms with Crippen molar-refractivity contribution in [1.82, 2.24) is 0 Å². The van der Waals surface area contributed by atoms with Crippen molar-refractivity contribution in [2.75, 3.05) is 6.61 Å². The lowest BCUT2D eigenvalue weighted by atomic mass is 9.80. The Labute approximate surface area is 200 Å². The van der Waals surface area contributed by atoms with Crippen molar-refractivity contribution in [3.8, 4) is 0 Å². The Hall–Kier alpha value is -2.58. The van der Waals surface area contributed by atoms with Crippen molar-refractivity contribution in [1.29, 1.82) is 0 Å². The molecule has 34 heavy (non-hydrogen) atoms. The maximum Gasteiger partial charge on any atom is 0.190 e. The number of fused-ring (bicyclic) bond motifs is 1. The van der Waals surface area contributed by atoms with Gasteiger partial charge in [0.1, 0.15) is 23.9 Å². The van der Waals surface area contributed by atoms with E-state index in [0.717, 1.165) is 16.7 Å². The predicted molar refractivity (Wildman–Crippen MR) is 128 cm³/mol. The SMILES string of the molecule is CC1(C)O[C@H]2O[C@@H]([C@H](N)COC(c3ccccc3)(c3ccccc3)c3ccccc3)[C@H](O)[C@@H]2O1. The maximum absolute atomic E-state index is 10.9. The molecule has 0 bridgehead atoms. The van der Waals surface area contributed by atoms with Crippen LogP contribution in [0.25, 0.3) is 0 Å². The summed E-state index contributed by atoms with van der Waals surface area (Å²) < 4.78 is 24.4. The van der Waals surface area contributed by atoms with E-state index in [1.807, 2.05) is 54.6 Å². The minimum Gasteiger partial charge on any atom is -0.387 e. The zero-order chi connectivity index (χ0) is 23.8. The highest BCUT2D eigenvalue weighted by Gasteiger charge is 2.55. The van der Waals surface area contributed by atoms with Crippen LogP contribution in [0.4, 0.5) is 0 Å². The van der Waals surface area contributed by atoms with Crippen molar-refractivity contribution >= 4 is 0 Å². The number of aliphatic hydroxyl groups excluding tert-OH is 1.